The number of nitrogens with two attached hydrogens (primary N) is 1. The third kappa shape index (κ3) is 4.20. The minimum absolute atomic E-state index is 0.148. The summed E-state index contributed by atoms with van der Waals surface area (Å²) < 4.78 is 0. The SMILES string of the molecule is CC(C)C(CCN)CCC(=O)NC1(C(=O)O)CCC1. The highest BCUT2D eigenvalue weighted by atomic mass is 16.4. The quantitative estimate of drug-likeness (QED) is 0.623. The molecular formula is C14H26N2O3. The monoisotopic (exact) mass is 270 g/mol. The van der Waals surface area contributed by atoms with E-state index in [0.717, 1.165) is 19.3 Å². The lowest BCUT2D eigenvalue weighted by Crippen LogP contribution is -2.59. The zero-order valence-corrected chi connectivity index (χ0v) is 11.9. The third-order valence-corrected chi connectivity index (χ3v) is 4.22. The summed E-state index contributed by atoms with van der Waals surface area (Å²) in [6.07, 6.45) is 4.03. The van der Waals surface area contributed by atoms with Gasteiger partial charge in [-0.3, -0.25) is 4.79 Å². The van der Waals surface area contributed by atoms with Gasteiger partial charge in [-0.05, 0) is 50.5 Å². The zero-order chi connectivity index (χ0) is 14.5. The molecule has 1 rings (SSSR count). The number of aliphatic carboxylic acids is 1. The lowest BCUT2D eigenvalue weighted by molar-refractivity contribution is -0.151. The zero-order valence-electron chi connectivity index (χ0n) is 11.9. The van der Waals surface area contributed by atoms with Crippen molar-refractivity contribution in [3.05, 3.63) is 0 Å². The van der Waals surface area contributed by atoms with Crippen molar-refractivity contribution in [3.8, 4) is 0 Å². The summed E-state index contributed by atoms with van der Waals surface area (Å²) in [7, 11) is 0. The number of carboxylic acid groups (broad SMARTS) is 1. The summed E-state index contributed by atoms with van der Waals surface area (Å²) in [5.41, 5.74) is 4.58. The van der Waals surface area contributed by atoms with Gasteiger partial charge in [-0.2, -0.15) is 0 Å². The second-order valence-corrected chi connectivity index (χ2v) is 5.91. The van der Waals surface area contributed by atoms with E-state index < -0.39 is 11.5 Å². The first-order chi connectivity index (χ1) is 8.91. The van der Waals surface area contributed by atoms with Crippen LogP contribution in [0.15, 0.2) is 0 Å². The molecule has 1 saturated carbocycles. The molecule has 4 N–H and O–H groups in total. The molecule has 0 aromatic carbocycles. The average molecular weight is 270 g/mol. The summed E-state index contributed by atoms with van der Waals surface area (Å²) in [5, 5.41) is 11.8. The molecule has 0 aromatic heterocycles. The van der Waals surface area contributed by atoms with E-state index >= 15 is 0 Å². The minimum atomic E-state index is -0.988. The Balaban J connectivity index is 2.40. The van der Waals surface area contributed by atoms with Crippen LogP contribution in [0.5, 0.6) is 0 Å². The average Bonchev–Trinajstić information content (AvgIpc) is 2.28. The van der Waals surface area contributed by atoms with Gasteiger partial charge in [0.2, 0.25) is 5.91 Å². The maximum absolute atomic E-state index is 11.9. The molecule has 1 aliphatic rings. The van der Waals surface area contributed by atoms with Crippen molar-refractivity contribution in [2.45, 2.75) is 57.9 Å². The molecule has 0 aliphatic heterocycles. The lowest BCUT2D eigenvalue weighted by atomic mass is 9.76. The van der Waals surface area contributed by atoms with Gasteiger partial charge in [0.25, 0.3) is 0 Å². The van der Waals surface area contributed by atoms with Crippen LogP contribution in [0.1, 0.15) is 52.4 Å². The fourth-order valence-electron chi connectivity index (χ4n) is 2.59. The Kier molecular flexibility index (Phi) is 5.79. The van der Waals surface area contributed by atoms with Gasteiger partial charge in [-0.25, -0.2) is 4.79 Å². The third-order valence-electron chi connectivity index (χ3n) is 4.22. The van der Waals surface area contributed by atoms with Crippen molar-refractivity contribution >= 4 is 11.9 Å². The van der Waals surface area contributed by atoms with Crippen molar-refractivity contribution in [2.24, 2.45) is 17.6 Å². The first-order valence-electron chi connectivity index (χ1n) is 7.16. The summed E-state index contributed by atoms with van der Waals surface area (Å²) in [4.78, 5) is 23.0. The molecular weight excluding hydrogens is 244 g/mol. The molecule has 19 heavy (non-hydrogen) atoms. The van der Waals surface area contributed by atoms with Crippen LogP contribution in [0.25, 0.3) is 0 Å². The van der Waals surface area contributed by atoms with Gasteiger partial charge in [0, 0.05) is 6.42 Å². The molecule has 1 fully saturated rings. The smallest absolute Gasteiger partial charge is 0.329 e. The van der Waals surface area contributed by atoms with E-state index in [0.29, 0.717) is 37.6 Å². The van der Waals surface area contributed by atoms with Gasteiger partial charge in [-0.1, -0.05) is 13.8 Å². The van der Waals surface area contributed by atoms with Crippen molar-refractivity contribution < 1.29 is 14.7 Å². The minimum Gasteiger partial charge on any atom is -0.480 e. The van der Waals surface area contributed by atoms with Crippen LogP contribution in [-0.2, 0) is 9.59 Å². The van der Waals surface area contributed by atoms with Crippen molar-refractivity contribution in [2.75, 3.05) is 6.54 Å². The maximum Gasteiger partial charge on any atom is 0.329 e. The number of carbonyl (C=O) groups excluding carboxylic acids is 1. The number of hydrogen-bond donors (Lipinski definition) is 3. The highest BCUT2D eigenvalue weighted by Crippen LogP contribution is 2.32. The first-order valence-corrected chi connectivity index (χ1v) is 7.16. The summed E-state index contributed by atoms with van der Waals surface area (Å²) in [6.45, 7) is 4.88. The number of carboxylic acids is 1. The van der Waals surface area contributed by atoms with Crippen LogP contribution in [0.2, 0.25) is 0 Å². The Bertz CT molecular complexity index is 325. The molecule has 5 nitrogen and oxygen atoms in total. The van der Waals surface area contributed by atoms with Crippen LogP contribution in [-0.4, -0.2) is 29.1 Å². The lowest BCUT2D eigenvalue weighted by Gasteiger charge is -2.38. The standard InChI is InChI=1S/C14H26N2O3/c1-10(2)11(6-9-15)4-5-12(17)16-14(13(18)19)7-3-8-14/h10-11H,3-9,15H2,1-2H3,(H,16,17)(H,18,19). The molecule has 0 spiro atoms. The maximum atomic E-state index is 11.9. The number of hydrogen-bond acceptors (Lipinski definition) is 3. The van der Waals surface area contributed by atoms with Crippen molar-refractivity contribution in [1.29, 1.82) is 0 Å². The van der Waals surface area contributed by atoms with Gasteiger partial charge >= 0.3 is 5.97 Å². The molecule has 110 valence electrons. The largest absolute Gasteiger partial charge is 0.480 e. The van der Waals surface area contributed by atoms with Gasteiger partial charge in [0.15, 0.2) is 0 Å². The molecule has 0 saturated heterocycles. The van der Waals surface area contributed by atoms with E-state index in [1.54, 1.807) is 0 Å². The molecule has 5 heteroatoms. The Morgan fingerprint density at radius 3 is 2.32 bits per heavy atom. The Labute approximate surface area is 114 Å². The van der Waals surface area contributed by atoms with Gasteiger partial charge < -0.3 is 16.2 Å². The molecule has 0 radical (unpaired) electrons. The summed E-state index contributed by atoms with van der Waals surface area (Å²) in [6, 6.07) is 0. The molecule has 0 bridgehead atoms. The van der Waals surface area contributed by atoms with Crippen LogP contribution in [0.4, 0.5) is 0 Å². The molecule has 1 atom stereocenters. The predicted molar refractivity (Wildman–Crippen MR) is 73.6 cm³/mol. The van der Waals surface area contributed by atoms with Crippen LogP contribution in [0.3, 0.4) is 0 Å². The van der Waals surface area contributed by atoms with Crippen LogP contribution in [0, 0.1) is 11.8 Å². The topological polar surface area (TPSA) is 92.4 Å². The normalized spacial score (nSPS) is 18.7. The fourth-order valence-corrected chi connectivity index (χ4v) is 2.59. The molecule has 0 heterocycles. The Hall–Kier alpha value is -1.10. The van der Waals surface area contributed by atoms with Crippen LogP contribution >= 0.6 is 0 Å². The molecule has 1 aliphatic carbocycles. The Morgan fingerprint density at radius 2 is 1.95 bits per heavy atom. The predicted octanol–water partition coefficient (Wildman–Crippen LogP) is 1.51. The second kappa shape index (κ2) is 6.89. The summed E-state index contributed by atoms with van der Waals surface area (Å²) >= 11 is 0. The van der Waals surface area contributed by atoms with Crippen LogP contribution < -0.4 is 11.1 Å². The molecule has 0 aromatic rings. The number of nitrogens with one attached hydrogen (secondary N) is 1. The number of amides is 1. The van der Waals surface area contributed by atoms with E-state index in [4.69, 9.17) is 10.8 Å². The van der Waals surface area contributed by atoms with Crippen molar-refractivity contribution in [1.82, 2.24) is 5.32 Å². The van der Waals surface area contributed by atoms with E-state index in [-0.39, 0.29) is 5.91 Å². The molecule has 1 unspecified atom stereocenters. The van der Waals surface area contributed by atoms with Crippen molar-refractivity contribution in [3.63, 3.8) is 0 Å². The highest BCUT2D eigenvalue weighted by molar-refractivity contribution is 5.87. The van der Waals surface area contributed by atoms with Gasteiger partial charge in [0.05, 0.1) is 0 Å². The van der Waals surface area contributed by atoms with E-state index in [2.05, 4.69) is 19.2 Å². The van der Waals surface area contributed by atoms with E-state index in [9.17, 15) is 9.59 Å². The first kappa shape index (κ1) is 16.0. The van der Waals surface area contributed by atoms with E-state index in [1.165, 1.54) is 0 Å². The van der Waals surface area contributed by atoms with Gasteiger partial charge in [-0.15, -0.1) is 0 Å². The number of rotatable bonds is 8. The molecule has 1 amide bonds. The fraction of sp³-hybridized carbons (Fsp3) is 0.857. The Morgan fingerprint density at radius 1 is 1.32 bits per heavy atom. The number of carbonyl (C=O) groups is 2. The summed E-state index contributed by atoms with van der Waals surface area (Å²) in [5.74, 6) is -0.134. The highest BCUT2D eigenvalue weighted by Gasteiger charge is 2.45. The second-order valence-electron chi connectivity index (χ2n) is 5.91. The van der Waals surface area contributed by atoms with E-state index in [1.807, 2.05) is 0 Å². The van der Waals surface area contributed by atoms with Gasteiger partial charge in [0.1, 0.15) is 5.54 Å².